The average molecular weight is 273 g/mol. The first-order valence-corrected chi connectivity index (χ1v) is 6.05. The van der Waals surface area contributed by atoms with Gasteiger partial charge >= 0.3 is 0 Å². The molecule has 1 rings (SSSR count). The van der Waals surface area contributed by atoms with Gasteiger partial charge in [0.15, 0.2) is 0 Å². The number of hydrogen-bond acceptors (Lipinski definition) is 4. The molecule has 0 aliphatic carbocycles. The molecule has 1 unspecified atom stereocenters. The van der Waals surface area contributed by atoms with Crippen molar-refractivity contribution in [3.05, 3.63) is 38.9 Å². The van der Waals surface area contributed by atoms with Crippen LogP contribution in [0.5, 0.6) is 0 Å². The molecule has 1 aromatic carbocycles. The summed E-state index contributed by atoms with van der Waals surface area (Å²) in [5, 5.41) is 14.5. The minimum absolute atomic E-state index is 0.0892. The standard InChI is InChI=1S/C12H17ClN2O3/c1-9(8-18-2)6-14-7-10-5-11(13)3-4-12(10)15(16)17/h3-5,9,14H,6-8H2,1-2H3. The van der Waals surface area contributed by atoms with Gasteiger partial charge in [0.05, 0.1) is 4.92 Å². The number of nitro benzene ring substituents is 1. The fourth-order valence-corrected chi connectivity index (χ4v) is 1.87. The van der Waals surface area contributed by atoms with Gasteiger partial charge in [-0.3, -0.25) is 10.1 Å². The van der Waals surface area contributed by atoms with Gasteiger partial charge in [0, 0.05) is 43.5 Å². The van der Waals surface area contributed by atoms with E-state index >= 15 is 0 Å². The lowest BCUT2D eigenvalue weighted by atomic mass is 10.1. The summed E-state index contributed by atoms with van der Waals surface area (Å²) in [5.74, 6) is 0.355. The monoisotopic (exact) mass is 272 g/mol. The summed E-state index contributed by atoms with van der Waals surface area (Å²) < 4.78 is 5.02. The van der Waals surface area contributed by atoms with E-state index in [1.165, 1.54) is 12.1 Å². The molecule has 1 aromatic rings. The third-order valence-electron chi connectivity index (χ3n) is 2.50. The van der Waals surface area contributed by atoms with E-state index in [9.17, 15) is 10.1 Å². The number of methoxy groups -OCH3 is 1. The predicted molar refractivity (Wildman–Crippen MR) is 70.9 cm³/mol. The van der Waals surface area contributed by atoms with Crippen molar-refractivity contribution in [3.63, 3.8) is 0 Å². The summed E-state index contributed by atoms with van der Waals surface area (Å²) in [4.78, 5) is 10.5. The summed E-state index contributed by atoms with van der Waals surface area (Å²) in [6, 6.07) is 4.57. The lowest BCUT2D eigenvalue weighted by Crippen LogP contribution is -2.23. The predicted octanol–water partition coefficient (Wildman–Crippen LogP) is 2.62. The van der Waals surface area contributed by atoms with Crippen molar-refractivity contribution in [2.45, 2.75) is 13.5 Å². The van der Waals surface area contributed by atoms with Crippen LogP contribution in [0.25, 0.3) is 0 Å². The largest absolute Gasteiger partial charge is 0.384 e. The third-order valence-corrected chi connectivity index (χ3v) is 2.73. The smallest absolute Gasteiger partial charge is 0.273 e. The molecule has 0 spiro atoms. The molecule has 0 aliphatic heterocycles. The SMILES string of the molecule is COCC(C)CNCc1cc(Cl)ccc1[N+](=O)[O-]. The first kappa shape index (κ1) is 14.9. The Labute approximate surface area is 111 Å². The van der Waals surface area contributed by atoms with E-state index in [2.05, 4.69) is 5.32 Å². The van der Waals surface area contributed by atoms with Crippen LogP contribution in [-0.4, -0.2) is 25.2 Å². The number of rotatable bonds is 7. The van der Waals surface area contributed by atoms with Gasteiger partial charge < -0.3 is 10.1 Å². The molecule has 0 aliphatic rings. The van der Waals surface area contributed by atoms with E-state index in [0.717, 1.165) is 6.54 Å². The number of nitrogens with one attached hydrogen (secondary N) is 1. The van der Waals surface area contributed by atoms with Crippen LogP contribution in [0.3, 0.4) is 0 Å². The summed E-state index contributed by atoms with van der Waals surface area (Å²) in [7, 11) is 1.65. The zero-order valence-electron chi connectivity index (χ0n) is 10.5. The Bertz CT molecular complexity index is 412. The van der Waals surface area contributed by atoms with Crippen molar-refractivity contribution in [3.8, 4) is 0 Å². The molecule has 0 bridgehead atoms. The van der Waals surface area contributed by atoms with E-state index in [4.69, 9.17) is 16.3 Å². The van der Waals surface area contributed by atoms with Crippen molar-refractivity contribution in [1.29, 1.82) is 0 Å². The third kappa shape index (κ3) is 4.60. The Morgan fingerprint density at radius 3 is 2.89 bits per heavy atom. The van der Waals surface area contributed by atoms with Crippen molar-refractivity contribution >= 4 is 17.3 Å². The summed E-state index contributed by atoms with van der Waals surface area (Å²) in [5.41, 5.74) is 0.684. The first-order chi connectivity index (χ1) is 8.54. The van der Waals surface area contributed by atoms with E-state index in [1.807, 2.05) is 6.92 Å². The molecule has 1 N–H and O–H groups in total. The van der Waals surface area contributed by atoms with Crippen molar-refractivity contribution in [1.82, 2.24) is 5.32 Å². The minimum atomic E-state index is -0.397. The molecule has 0 saturated heterocycles. The van der Waals surface area contributed by atoms with E-state index in [-0.39, 0.29) is 5.69 Å². The maximum absolute atomic E-state index is 10.8. The molecule has 0 amide bonds. The number of ether oxygens (including phenoxy) is 1. The molecule has 0 saturated carbocycles. The van der Waals surface area contributed by atoms with E-state index < -0.39 is 4.92 Å². The fourth-order valence-electron chi connectivity index (χ4n) is 1.67. The normalized spacial score (nSPS) is 12.4. The molecule has 100 valence electrons. The molecular weight excluding hydrogens is 256 g/mol. The highest BCUT2D eigenvalue weighted by Crippen LogP contribution is 2.22. The number of nitro groups is 1. The zero-order chi connectivity index (χ0) is 13.5. The number of hydrogen-bond donors (Lipinski definition) is 1. The second-order valence-corrected chi connectivity index (χ2v) is 4.66. The van der Waals surface area contributed by atoms with Gasteiger partial charge in [-0.05, 0) is 18.1 Å². The highest BCUT2D eigenvalue weighted by Gasteiger charge is 2.13. The van der Waals surface area contributed by atoms with Gasteiger partial charge in [0.25, 0.3) is 5.69 Å². The highest BCUT2D eigenvalue weighted by atomic mass is 35.5. The Hall–Kier alpha value is -1.17. The van der Waals surface area contributed by atoms with Gasteiger partial charge in [-0.2, -0.15) is 0 Å². The molecule has 1 atom stereocenters. The van der Waals surface area contributed by atoms with Crippen molar-refractivity contribution in [2.75, 3.05) is 20.3 Å². The maximum Gasteiger partial charge on any atom is 0.273 e. The van der Waals surface area contributed by atoms with Crippen LogP contribution in [0.2, 0.25) is 5.02 Å². The second-order valence-electron chi connectivity index (χ2n) is 4.22. The van der Waals surface area contributed by atoms with Crippen LogP contribution < -0.4 is 5.32 Å². The topological polar surface area (TPSA) is 64.4 Å². The minimum Gasteiger partial charge on any atom is -0.384 e. The Morgan fingerprint density at radius 1 is 1.56 bits per heavy atom. The number of benzene rings is 1. The fraction of sp³-hybridized carbons (Fsp3) is 0.500. The van der Waals surface area contributed by atoms with Crippen LogP contribution in [0.4, 0.5) is 5.69 Å². The number of nitrogens with zero attached hydrogens (tertiary/aromatic N) is 1. The zero-order valence-corrected chi connectivity index (χ0v) is 11.2. The van der Waals surface area contributed by atoms with Crippen LogP contribution in [0.15, 0.2) is 18.2 Å². The molecular formula is C12H17ClN2O3. The molecule has 18 heavy (non-hydrogen) atoms. The molecule has 0 radical (unpaired) electrons. The highest BCUT2D eigenvalue weighted by molar-refractivity contribution is 6.30. The molecule has 0 heterocycles. The molecule has 6 heteroatoms. The van der Waals surface area contributed by atoms with Gasteiger partial charge in [-0.25, -0.2) is 0 Å². The quantitative estimate of drug-likeness (QED) is 0.612. The van der Waals surface area contributed by atoms with E-state index in [0.29, 0.717) is 29.7 Å². The lowest BCUT2D eigenvalue weighted by Gasteiger charge is -2.11. The van der Waals surface area contributed by atoms with Crippen LogP contribution in [0, 0.1) is 16.0 Å². The Kier molecular flexibility index (Phi) is 6.04. The number of halogens is 1. The van der Waals surface area contributed by atoms with E-state index in [1.54, 1.807) is 13.2 Å². The van der Waals surface area contributed by atoms with Crippen LogP contribution in [-0.2, 0) is 11.3 Å². The van der Waals surface area contributed by atoms with Gasteiger partial charge in [-0.1, -0.05) is 18.5 Å². The Balaban J connectivity index is 2.60. The first-order valence-electron chi connectivity index (χ1n) is 5.67. The lowest BCUT2D eigenvalue weighted by molar-refractivity contribution is -0.385. The van der Waals surface area contributed by atoms with Crippen LogP contribution >= 0.6 is 11.6 Å². The summed E-state index contributed by atoms with van der Waals surface area (Å²) >= 11 is 5.84. The maximum atomic E-state index is 10.8. The molecule has 0 aromatic heterocycles. The van der Waals surface area contributed by atoms with Crippen molar-refractivity contribution < 1.29 is 9.66 Å². The Morgan fingerprint density at radius 2 is 2.28 bits per heavy atom. The molecule has 5 nitrogen and oxygen atoms in total. The van der Waals surface area contributed by atoms with Crippen LogP contribution in [0.1, 0.15) is 12.5 Å². The molecule has 0 fully saturated rings. The van der Waals surface area contributed by atoms with Gasteiger partial charge in [-0.15, -0.1) is 0 Å². The average Bonchev–Trinajstić information content (AvgIpc) is 2.29. The summed E-state index contributed by atoms with van der Waals surface area (Å²) in [6.07, 6.45) is 0. The second kappa shape index (κ2) is 7.31. The van der Waals surface area contributed by atoms with Gasteiger partial charge in [0.1, 0.15) is 0 Å². The van der Waals surface area contributed by atoms with Gasteiger partial charge in [0.2, 0.25) is 0 Å². The summed E-state index contributed by atoms with van der Waals surface area (Å²) in [6.45, 7) is 3.86. The van der Waals surface area contributed by atoms with Crippen molar-refractivity contribution in [2.24, 2.45) is 5.92 Å².